The van der Waals surface area contributed by atoms with Crippen LogP contribution in [-0.4, -0.2) is 18.0 Å². The zero-order chi connectivity index (χ0) is 16.9. The van der Waals surface area contributed by atoms with Gasteiger partial charge < -0.3 is 10.1 Å². The molecule has 3 aromatic rings. The highest BCUT2D eigenvalue weighted by Crippen LogP contribution is 2.24. The average molecular weight is 322 g/mol. The summed E-state index contributed by atoms with van der Waals surface area (Å²) >= 11 is 0. The van der Waals surface area contributed by atoms with Crippen LogP contribution in [0.2, 0.25) is 0 Å². The summed E-state index contributed by atoms with van der Waals surface area (Å²) in [7, 11) is 1.55. The zero-order valence-corrected chi connectivity index (χ0v) is 13.0. The topological polar surface area (TPSA) is 51.2 Å². The van der Waals surface area contributed by atoms with Crippen LogP contribution < -0.4 is 10.1 Å². The van der Waals surface area contributed by atoms with Crippen molar-refractivity contribution in [2.24, 2.45) is 0 Å². The molecule has 120 valence electrons. The second-order valence-electron chi connectivity index (χ2n) is 5.12. The van der Waals surface area contributed by atoms with Crippen molar-refractivity contribution in [3.8, 4) is 16.9 Å². The first-order chi connectivity index (χ1) is 11.7. The van der Waals surface area contributed by atoms with Crippen LogP contribution in [0.1, 0.15) is 10.4 Å². The van der Waals surface area contributed by atoms with Crippen molar-refractivity contribution in [2.75, 3.05) is 12.4 Å². The summed E-state index contributed by atoms with van der Waals surface area (Å²) < 4.78 is 19.3. The first-order valence-corrected chi connectivity index (χ1v) is 7.33. The highest BCUT2D eigenvalue weighted by molar-refractivity contribution is 6.04. The lowest BCUT2D eigenvalue weighted by atomic mass is 10.1. The molecule has 1 N–H and O–H groups in total. The maximum atomic E-state index is 14.3. The van der Waals surface area contributed by atoms with Crippen molar-refractivity contribution in [3.05, 3.63) is 78.4 Å². The molecule has 0 radical (unpaired) electrons. The fourth-order valence-electron chi connectivity index (χ4n) is 2.27. The number of carbonyl (C=O) groups excluding carboxylic acids is 1. The fourth-order valence-corrected chi connectivity index (χ4v) is 2.27. The molecule has 0 aliphatic heterocycles. The minimum Gasteiger partial charge on any atom is -0.497 e. The van der Waals surface area contributed by atoms with Crippen molar-refractivity contribution in [3.63, 3.8) is 0 Å². The van der Waals surface area contributed by atoms with Gasteiger partial charge in [0.15, 0.2) is 0 Å². The highest BCUT2D eigenvalue weighted by Gasteiger charge is 2.10. The molecule has 0 aliphatic carbocycles. The average Bonchev–Trinajstić information content (AvgIpc) is 2.64. The van der Waals surface area contributed by atoms with Crippen LogP contribution >= 0.6 is 0 Å². The normalized spacial score (nSPS) is 10.2. The van der Waals surface area contributed by atoms with E-state index in [1.807, 2.05) is 6.07 Å². The maximum Gasteiger partial charge on any atom is 0.255 e. The molecule has 0 atom stereocenters. The van der Waals surface area contributed by atoms with Gasteiger partial charge in [0.2, 0.25) is 0 Å². The Morgan fingerprint density at radius 3 is 2.50 bits per heavy atom. The molecule has 0 saturated carbocycles. The molecular weight excluding hydrogens is 307 g/mol. The molecule has 0 unspecified atom stereocenters. The smallest absolute Gasteiger partial charge is 0.255 e. The molecular formula is C19H15FN2O2. The van der Waals surface area contributed by atoms with Crippen molar-refractivity contribution in [1.29, 1.82) is 0 Å². The van der Waals surface area contributed by atoms with Crippen LogP contribution in [0.15, 0.2) is 67.0 Å². The van der Waals surface area contributed by atoms with Crippen molar-refractivity contribution in [2.45, 2.75) is 0 Å². The lowest BCUT2D eigenvalue weighted by Gasteiger charge is -2.09. The van der Waals surface area contributed by atoms with E-state index >= 15 is 0 Å². The van der Waals surface area contributed by atoms with Gasteiger partial charge in [-0.3, -0.25) is 9.78 Å². The minimum absolute atomic E-state index is 0.128. The molecule has 1 aromatic heterocycles. The van der Waals surface area contributed by atoms with E-state index in [9.17, 15) is 9.18 Å². The van der Waals surface area contributed by atoms with Crippen LogP contribution in [0.25, 0.3) is 11.1 Å². The first-order valence-electron chi connectivity index (χ1n) is 7.33. The van der Waals surface area contributed by atoms with E-state index in [1.54, 1.807) is 62.0 Å². The van der Waals surface area contributed by atoms with Gasteiger partial charge in [-0.05, 0) is 48.0 Å². The predicted octanol–water partition coefficient (Wildman–Crippen LogP) is 4.15. The molecule has 1 amide bonds. The van der Waals surface area contributed by atoms with Gasteiger partial charge in [-0.2, -0.15) is 0 Å². The number of rotatable bonds is 4. The summed E-state index contributed by atoms with van der Waals surface area (Å²) in [5.74, 6) is -0.234. The SMILES string of the molecule is COc1ccc(C(=O)Nc2ccc(-c3cccnc3)cc2F)cc1. The highest BCUT2D eigenvalue weighted by atomic mass is 19.1. The van der Waals surface area contributed by atoms with E-state index in [2.05, 4.69) is 10.3 Å². The number of aromatic nitrogens is 1. The Bertz CT molecular complexity index is 849. The number of amides is 1. The van der Waals surface area contributed by atoms with E-state index in [4.69, 9.17) is 4.74 Å². The Morgan fingerprint density at radius 1 is 1.08 bits per heavy atom. The van der Waals surface area contributed by atoms with E-state index in [0.29, 0.717) is 16.9 Å². The van der Waals surface area contributed by atoms with Gasteiger partial charge in [-0.15, -0.1) is 0 Å². The number of hydrogen-bond acceptors (Lipinski definition) is 3. The molecule has 2 aromatic carbocycles. The first kappa shape index (κ1) is 15.7. The summed E-state index contributed by atoms with van der Waals surface area (Å²) in [5, 5.41) is 2.57. The zero-order valence-electron chi connectivity index (χ0n) is 13.0. The van der Waals surface area contributed by atoms with Gasteiger partial charge in [0.25, 0.3) is 5.91 Å². The standard InChI is InChI=1S/C19H15FN2O2/c1-24-16-7-4-13(5-8-16)19(23)22-18-9-6-14(11-17(18)20)15-3-2-10-21-12-15/h2-12H,1H3,(H,22,23). The fraction of sp³-hybridized carbons (Fsp3) is 0.0526. The molecule has 1 heterocycles. The third-order valence-electron chi connectivity index (χ3n) is 3.56. The summed E-state index contributed by atoms with van der Waals surface area (Å²) in [4.78, 5) is 16.2. The summed E-state index contributed by atoms with van der Waals surface area (Å²) in [6, 6.07) is 14.9. The number of nitrogens with one attached hydrogen (secondary N) is 1. The summed E-state index contributed by atoms with van der Waals surface area (Å²) in [5.41, 5.74) is 2.06. The van der Waals surface area contributed by atoms with Gasteiger partial charge in [0.05, 0.1) is 12.8 Å². The van der Waals surface area contributed by atoms with Crippen LogP contribution in [0, 0.1) is 5.82 Å². The van der Waals surface area contributed by atoms with E-state index in [1.165, 1.54) is 6.07 Å². The molecule has 4 nitrogen and oxygen atoms in total. The van der Waals surface area contributed by atoms with Crippen LogP contribution in [0.4, 0.5) is 10.1 Å². The monoisotopic (exact) mass is 322 g/mol. The third kappa shape index (κ3) is 3.41. The maximum absolute atomic E-state index is 14.3. The van der Waals surface area contributed by atoms with Gasteiger partial charge >= 0.3 is 0 Å². The van der Waals surface area contributed by atoms with Gasteiger partial charge in [-0.25, -0.2) is 4.39 Å². The largest absolute Gasteiger partial charge is 0.497 e. The molecule has 0 saturated heterocycles. The number of carbonyl (C=O) groups is 1. The van der Waals surface area contributed by atoms with Crippen LogP contribution in [-0.2, 0) is 0 Å². The predicted molar refractivity (Wildman–Crippen MR) is 90.6 cm³/mol. The number of benzene rings is 2. The minimum atomic E-state index is -0.502. The van der Waals surface area contributed by atoms with Gasteiger partial charge in [-0.1, -0.05) is 12.1 Å². The Labute approximate surface area is 138 Å². The molecule has 24 heavy (non-hydrogen) atoms. The summed E-state index contributed by atoms with van der Waals surface area (Å²) in [6.45, 7) is 0. The van der Waals surface area contributed by atoms with Crippen LogP contribution in [0.3, 0.4) is 0 Å². The molecule has 5 heteroatoms. The number of methoxy groups -OCH3 is 1. The number of halogens is 1. The Morgan fingerprint density at radius 2 is 1.88 bits per heavy atom. The molecule has 0 fully saturated rings. The third-order valence-corrected chi connectivity index (χ3v) is 3.56. The van der Waals surface area contributed by atoms with Crippen LogP contribution in [0.5, 0.6) is 5.75 Å². The van der Waals surface area contributed by atoms with E-state index in [-0.39, 0.29) is 11.6 Å². The van der Waals surface area contributed by atoms with Gasteiger partial charge in [0, 0.05) is 23.5 Å². The Kier molecular flexibility index (Phi) is 4.52. The lowest BCUT2D eigenvalue weighted by molar-refractivity contribution is 0.102. The van der Waals surface area contributed by atoms with Crippen molar-refractivity contribution in [1.82, 2.24) is 4.98 Å². The molecule has 0 bridgehead atoms. The van der Waals surface area contributed by atoms with E-state index in [0.717, 1.165) is 5.56 Å². The number of hydrogen-bond donors (Lipinski definition) is 1. The quantitative estimate of drug-likeness (QED) is 0.785. The number of nitrogens with zero attached hydrogens (tertiary/aromatic N) is 1. The second-order valence-corrected chi connectivity index (χ2v) is 5.12. The lowest BCUT2D eigenvalue weighted by Crippen LogP contribution is -2.12. The van der Waals surface area contributed by atoms with E-state index < -0.39 is 5.82 Å². The molecule has 3 rings (SSSR count). The summed E-state index contributed by atoms with van der Waals surface area (Å²) in [6.07, 6.45) is 3.31. The van der Waals surface area contributed by atoms with Crippen molar-refractivity contribution >= 4 is 11.6 Å². The molecule has 0 aliphatic rings. The molecule has 0 spiro atoms. The number of pyridine rings is 1. The number of ether oxygens (including phenoxy) is 1. The Balaban J connectivity index is 1.78. The second kappa shape index (κ2) is 6.91. The Hall–Kier alpha value is -3.21. The van der Waals surface area contributed by atoms with Crippen molar-refractivity contribution < 1.29 is 13.9 Å². The number of anilines is 1. The van der Waals surface area contributed by atoms with Gasteiger partial charge in [0.1, 0.15) is 11.6 Å².